The van der Waals surface area contributed by atoms with Crippen LogP contribution in [0.5, 0.6) is 0 Å². The third-order valence-corrected chi connectivity index (χ3v) is 4.48. The van der Waals surface area contributed by atoms with Gasteiger partial charge in [0.15, 0.2) is 5.96 Å². The number of hydrogen-bond acceptors (Lipinski definition) is 4. The minimum atomic E-state index is -0.673. The van der Waals surface area contributed by atoms with Crippen LogP contribution < -0.4 is 10.6 Å². The zero-order valence-electron chi connectivity index (χ0n) is 15.0. The van der Waals surface area contributed by atoms with Crippen molar-refractivity contribution < 1.29 is 9.59 Å². The van der Waals surface area contributed by atoms with Crippen LogP contribution in [0.4, 0.5) is 5.69 Å². The number of nitrogens with zero attached hydrogens (tertiary/aromatic N) is 2. The van der Waals surface area contributed by atoms with E-state index in [1.54, 1.807) is 13.2 Å². The summed E-state index contributed by atoms with van der Waals surface area (Å²) in [5.41, 5.74) is 2.49. The monoisotopic (exact) mass is 351 g/mol. The molecule has 3 rings (SSSR count). The van der Waals surface area contributed by atoms with Crippen molar-refractivity contribution in [3.8, 4) is 11.3 Å². The molecule has 1 aromatic heterocycles. The molecule has 0 bridgehead atoms. The van der Waals surface area contributed by atoms with E-state index in [2.05, 4.69) is 15.6 Å². The van der Waals surface area contributed by atoms with E-state index < -0.39 is 5.54 Å². The summed E-state index contributed by atoms with van der Waals surface area (Å²) in [4.78, 5) is 29.2. The van der Waals surface area contributed by atoms with Crippen LogP contribution in [0.3, 0.4) is 0 Å². The zero-order valence-corrected chi connectivity index (χ0v) is 15.0. The number of benzene rings is 1. The first-order chi connectivity index (χ1) is 12.3. The lowest BCUT2D eigenvalue weighted by molar-refractivity contribution is -0.129. The fourth-order valence-corrected chi connectivity index (χ4v) is 3.00. The summed E-state index contributed by atoms with van der Waals surface area (Å²) in [6.07, 6.45) is 1.94. The van der Waals surface area contributed by atoms with Crippen molar-refractivity contribution >= 4 is 23.5 Å². The lowest BCUT2D eigenvalue weighted by Crippen LogP contribution is -2.58. The number of nitrogens with one attached hydrogen (secondary N) is 3. The third-order valence-electron chi connectivity index (χ3n) is 4.48. The normalized spacial score (nSPS) is 19.9. The highest BCUT2D eigenvalue weighted by atomic mass is 16.2. The Morgan fingerprint density at radius 3 is 2.81 bits per heavy atom. The first-order valence-corrected chi connectivity index (χ1v) is 8.26. The maximum atomic E-state index is 12.2. The number of carbonyl (C=O) groups excluding carboxylic acids is 2. The molecule has 7 heteroatoms. The zero-order chi connectivity index (χ0) is 18.9. The Balaban J connectivity index is 1.95. The van der Waals surface area contributed by atoms with Gasteiger partial charge in [-0.05, 0) is 36.8 Å². The van der Waals surface area contributed by atoms with Gasteiger partial charge in [-0.3, -0.25) is 24.9 Å². The van der Waals surface area contributed by atoms with Crippen LogP contribution in [0, 0.1) is 5.41 Å². The summed E-state index contributed by atoms with van der Waals surface area (Å²) < 4.78 is 0. The third kappa shape index (κ3) is 3.42. The molecule has 2 heterocycles. The van der Waals surface area contributed by atoms with E-state index in [1.807, 2.05) is 43.3 Å². The van der Waals surface area contributed by atoms with Gasteiger partial charge in [-0.1, -0.05) is 12.1 Å². The largest absolute Gasteiger partial charge is 0.346 e. The van der Waals surface area contributed by atoms with Gasteiger partial charge in [0.1, 0.15) is 0 Å². The Bertz CT molecular complexity index is 875. The Hall–Kier alpha value is -3.22. The molecule has 7 nitrogen and oxygen atoms in total. The summed E-state index contributed by atoms with van der Waals surface area (Å²) in [7, 11) is 1.59. The molecule has 1 aromatic carbocycles. The van der Waals surface area contributed by atoms with Crippen molar-refractivity contribution in [1.29, 1.82) is 5.41 Å². The van der Waals surface area contributed by atoms with Gasteiger partial charge in [0.2, 0.25) is 11.8 Å². The smallest absolute Gasteiger partial charge is 0.231 e. The topological polar surface area (TPSA) is 98.2 Å². The van der Waals surface area contributed by atoms with Gasteiger partial charge in [-0.25, -0.2) is 0 Å². The van der Waals surface area contributed by atoms with Crippen molar-refractivity contribution in [3.63, 3.8) is 0 Å². The minimum absolute atomic E-state index is 0.0785. The molecule has 134 valence electrons. The van der Waals surface area contributed by atoms with Crippen molar-refractivity contribution in [1.82, 2.24) is 15.2 Å². The molecule has 0 saturated carbocycles. The second kappa shape index (κ2) is 6.59. The number of guanidine groups is 1. The second-order valence-electron chi connectivity index (χ2n) is 6.63. The number of amides is 2. The van der Waals surface area contributed by atoms with Gasteiger partial charge < -0.3 is 10.6 Å². The quantitative estimate of drug-likeness (QED) is 0.790. The fourth-order valence-electron chi connectivity index (χ4n) is 3.00. The average molecular weight is 351 g/mol. The van der Waals surface area contributed by atoms with Gasteiger partial charge in [-0.2, -0.15) is 0 Å². The molecule has 1 fully saturated rings. The van der Waals surface area contributed by atoms with Gasteiger partial charge in [-0.15, -0.1) is 0 Å². The highest BCUT2D eigenvalue weighted by Crippen LogP contribution is 2.31. The predicted octanol–water partition coefficient (Wildman–Crippen LogP) is 2.31. The van der Waals surface area contributed by atoms with Crippen molar-refractivity contribution in [3.05, 3.63) is 48.2 Å². The SMILES string of the molecule is CC(=O)Nc1cccc(-c2cc([C@]3(C)CC(=O)N(C)C(=N)N3)ccn2)c1. The lowest BCUT2D eigenvalue weighted by atomic mass is 9.86. The van der Waals surface area contributed by atoms with Crippen LogP contribution >= 0.6 is 0 Å². The molecule has 0 unspecified atom stereocenters. The summed E-state index contributed by atoms with van der Waals surface area (Å²) in [6, 6.07) is 11.2. The van der Waals surface area contributed by atoms with E-state index in [4.69, 9.17) is 5.41 Å². The Morgan fingerprint density at radius 2 is 2.12 bits per heavy atom. The van der Waals surface area contributed by atoms with E-state index in [9.17, 15) is 9.59 Å². The molecule has 26 heavy (non-hydrogen) atoms. The Kier molecular flexibility index (Phi) is 4.46. The molecule has 0 radical (unpaired) electrons. The molecule has 2 aromatic rings. The molecular weight excluding hydrogens is 330 g/mol. The summed E-state index contributed by atoms with van der Waals surface area (Å²) in [5.74, 6) is -0.166. The molecule has 0 aliphatic carbocycles. The van der Waals surface area contributed by atoms with Gasteiger partial charge in [0.05, 0.1) is 17.7 Å². The highest BCUT2D eigenvalue weighted by molar-refractivity contribution is 5.99. The standard InChI is InChI=1S/C19H21N5O2/c1-12(25)22-15-6-4-5-13(9-15)16-10-14(7-8-21-16)19(2)11-17(26)24(3)18(20)23-19/h4-10H,11H2,1-3H3,(H2,20,23)(H,22,25)/t19-/m0/s1. The van der Waals surface area contributed by atoms with Crippen LogP contribution in [0.2, 0.25) is 0 Å². The first-order valence-electron chi connectivity index (χ1n) is 8.26. The number of pyridine rings is 1. The van der Waals surface area contributed by atoms with E-state index in [-0.39, 0.29) is 24.2 Å². The molecule has 1 atom stereocenters. The number of hydrogen-bond donors (Lipinski definition) is 3. The predicted molar refractivity (Wildman–Crippen MR) is 99.6 cm³/mol. The Labute approximate surface area is 151 Å². The van der Waals surface area contributed by atoms with Gasteiger partial charge >= 0.3 is 0 Å². The van der Waals surface area contributed by atoms with Crippen LogP contribution in [0.1, 0.15) is 25.8 Å². The van der Waals surface area contributed by atoms with Crippen LogP contribution in [-0.2, 0) is 15.1 Å². The van der Waals surface area contributed by atoms with Crippen LogP contribution in [0.25, 0.3) is 11.3 Å². The van der Waals surface area contributed by atoms with E-state index >= 15 is 0 Å². The molecule has 3 N–H and O–H groups in total. The second-order valence-corrected chi connectivity index (χ2v) is 6.63. The Morgan fingerprint density at radius 1 is 1.35 bits per heavy atom. The maximum Gasteiger partial charge on any atom is 0.231 e. The molecular formula is C19H21N5O2. The molecule has 1 saturated heterocycles. The maximum absolute atomic E-state index is 12.2. The van der Waals surface area contributed by atoms with Gasteiger partial charge in [0.25, 0.3) is 0 Å². The fraction of sp³-hybridized carbons (Fsp3) is 0.263. The van der Waals surface area contributed by atoms with E-state index in [0.29, 0.717) is 5.69 Å². The number of anilines is 1. The molecule has 0 spiro atoms. The summed E-state index contributed by atoms with van der Waals surface area (Å²) >= 11 is 0. The van der Waals surface area contributed by atoms with Crippen molar-refractivity contribution in [2.45, 2.75) is 25.8 Å². The first kappa shape index (κ1) is 17.6. The molecule has 1 aliphatic rings. The number of aromatic nitrogens is 1. The summed E-state index contributed by atoms with van der Waals surface area (Å²) in [6.45, 7) is 3.36. The van der Waals surface area contributed by atoms with E-state index in [1.165, 1.54) is 11.8 Å². The number of carbonyl (C=O) groups is 2. The van der Waals surface area contributed by atoms with E-state index in [0.717, 1.165) is 16.8 Å². The van der Waals surface area contributed by atoms with Crippen molar-refractivity contribution in [2.24, 2.45) is 0 Å². The van der Waals surface area contributed by atoms with Crippen molar-refractivity contribution in [2.75, 3.05) is 12.4 Å². The average Bonchev–Trinajstić information content (AvgIpc) is 2.59. The highest BCUT2D eigenvalue weighted by Gasteiger charge is 2.38. The molecule has 2 amide bonds. The number of rotatable bonds is 3. The van der Waals surface area contributed by atoms with Crippen LogP contribution in [0.15, 0.2) is 42.6 Å². The molecule has 1 aliphatic heterocycles. The lowest BCUT2D eigenvalue weighted by Gasteiger charge is -2.39. The minimum Gasteiger partial charge on any atom is -0.346 e. The van der Waals surface area contributed by atoms with Crippen LogP contribution in [-0.4, -0.2) is 34.7 Å². The van der Waals surface area contributed by atoms with Gasteiger partial charge in [0, 0.05) is 31.4 Å². The summed E-state index contributed by atoms with van der Waals surface area (Å²) in [5, 5.41) is 13.8.